The van der Waals surface area contributed by atoms with E-state index in [4.69, 9.17) is 14.2 Å². The summed E-state index contributed by atoms with van der Waals surface area (Å²) in [5.41, 5.74) is 3.46. The fraction of sp³-hybridized carbons (Fsp3) is 0.682. The number of rotatable bonds is 4. The smallest absolute Gasteiger partial charge is 0.457 e. The molecule has 1 N–H and O–H groups in total. The van der Waals surface area contributed by atoms with Crippen LogP contribution in [0.1, 0.15) is 64.0 Å². The molecule has 0 amide bonds. The number of nitrogens with one attached hydrogen (secondary N) is 1. The zero-order chi connectivity index (χ0) is 19.1. The van der Waals surface area contributed by atoms with Gasteiger partial charge >= 0.3 is 6.16 Å². The van der Waals surface area contributed by atoms with Gasteiger partial charge in [-0.25, -0.2) is 4.79 Å². The van der Waals surface area contributed by atoms with Crippen LogP contribution in [0.4, 0.5) is 4.79 Å². The average Bonchev–Trinajstić information content (AvgIpc) is 2.61. The zero-order valence-electron chi connectivity index (χ0n) is 16.7. The third-order valence-electron chi connectivity index (χ3n) is 7.11. The van der Waals surface area contributed by atoms with Gasteiger partial charge < -0.3 is 19.5 Å². The van der Waals surface area contributed by atoms with Crippen LogP contribution in [0.15, 0.2) is 18.2 Å². The topological polar surface area (TPSA) is 56.8 Å². The fourth-order valence-corrected chi connectivity index (χ4v) is 5.78. The maximum absolute atomic E-state index is 11.5. The highest BCUT2D eigenvalue weighted by Gasteiger charge is 2.59. The largest absolute Gasteiger partial charge is 0.511 e. The summed E-state index contributed by atoms with van der Waals surface area (Å²) in [6.07, 6.45) is 6.57. The quantitative estimate of drug-likeness (QED) is 0.629. The third-order valence-corrected chi connectivity index (χ3v) is 7.11. The minimum Gasteiger partial charge on any atom is -0.457 e. The summed E-state index contributed by atoms with van der Waals surface area (Å²) in [4.78, 5) is 11.5. The molecule has 27 heavy (non-hydrogen) atoms. The van der Waals surface area contributed by atoms with Gasteiger partial charge in [0, 0.05) is 11.5 Å². The first-order valence-corrected chi connectivity index (χ1v) is 10.3. The molecule has 2 fully saturated rings. The van der Waals surface area contributed by atoms with Crippen molar-refractivity contribution in [3.05, 3.63) is 29.3 Å². The Kier molecular flexibility index (Phi) is 4.83. The van der Waals surface area contributed by atoms with Crippen LogP contribution in [0.25, 0.3) is 0 Å². The molecule has 1 heterocycles. The van der Waals surface area contributed by atoms with Gasteiger partial charge in [-0.05, 0) is 74.8 Å². The molecule has 2 bridgehead atoms. The first-order valence-electron chi connectivity index (χ1n) is 10.3. The molecule has 1 saturated heterocycles. The van der Waals surface area contributed by atoms with Crippen molar-refractivity contribution in [2.75, 3.05) is 13.3 Å². The number of carbonyl (C=O) groups excluding carboxylic acids is 1. The molecule has 2 aliphatic carbocycles. The van der Waals surface area contributed by atoms with E-state index in [9.17, 15) is 4.79 Å². The lowest BCUT2D eigenvalue weighted by atomic mass is 9.45. The molecule has 3 aliphatic rings. The van der Waals surface area contributed by atoms with Crippen LogP contribution in [-0.2, 0) is 21.3 Å². The van der Waals surface area contributed by atoms with Crippen molar-refractivity contribution in [2.45, 2.75) is 76.9 Å². The number of hydrogen-bond donors (Lipinski definition) is 1. The highest BCUT2D eigenvalue weighted by atomic mass is 16.8. The van der Waals surface area contributed by atoms with Gasteiger partial charge in [-0.2, -0.15) is 0 Å². The Morgan fingerprint density at radius 1 is 1.26 bits per heavy atom. The molecule has 1 aliphatic heterocycles. The number of hydrogen-bond acceptors (Lipinski definition) is 5. The molecule has 5 nitrogen and oxygen atoms in total. The molecule has 1 saturated carbocycles. The Morgan fingerprint density at radius 3 is 2.89 bits per heavy atom. The van der Waals surface area contributed by atoms with Crippen molar-refractivity contribution in [3.8, 4) is 5.75 Å². The van der Waals surface area contributed by atoms with Gasteiger partial charge in [0.2, 0.25) is 6.79 Å². The Bertz CT molecular complexity index is 714. The van der Waals surface area contributed by atoms with Crippen LogP contribution >= 0.6 is 0 Å². The monoisotopic (exact) mass is 373 g/mol. The number of ether oxygens (including phenoxy) is 3. The second-order valence-electron chi connectivity index (χ2n) is 8.81. The number of piperidine rings is 1. The minimum atomic E-state index is -0.692. The molecule has 3 atom stereocenters. The molecule has 148 valence electrons. The SMILES string of the molecule is CC(C)OC(=O)OCOc1ccc2c(c1)[C@]13CCCC[C@]1(C)[C@H](C2)NCC3. The molecular formula is C22H31NO4. The number of fused-ring (bicyclic) bond motifs is 1. The third kappa shape index (κ3) is 3.10. The predicted molar refractivity (Wildman–Crippen MR) is 103 cm³/mol. The Balaban J connectivity index is 1.55. The molecule has 0 unspecified atom stereocenters. The highest BCUT2D eigenvalue weighted by molar-refractivity contribution is 5.59. The summed E-state index contributed by atoms with van der Waals surface area (Å²) in [5.74, 6) is 0.769. The van der Waals surface area contributed by atoms with Crippen molar-refractivity contribution < 1.29 is 19.0 Å². The van der Waals surface area contributed by atoms with E-state index in [1.807, 2.05) is 6.07 Å². The van der Waals surface area contributed by atoms with Crippen molar-refractivity contribution in [1.29, 1.82) is 0 Å². The van der Waals surface area contributed by atoms with Crippen LogP contribution in [0, 0.1) is 5.41 Å². The van der Waals surface area contributed by atoms with Crippen molar-refractivity contribution in [2.24, 2.45) is 5.41 Å². The molecule has 0 spiro atoms. The van der Waals surface area contributed by atoms with E-state index in [1.54, 1.807) is 13.8 Å². The lowest BCUT2D eigenvalue weighted by Crippen LogP contribution is -2.65. The van der Waals surface area contributed by atoms with E-state index in [0.717, 1.165) is 18.7 Å². The molecule has 1 aromatic carbocycles. The second kappa shape index (κ2) is 7.01. The van der Waals surface area contributed by atoms with Gasteiger partial charge in [-0.15, -0.1) is 0 Å². The van der Waals surface area contributed by atoms with Crippen molar-refractivity contribution in [1.82, 2.24) is 5.32 Å². The number of benzene rings is 1. The van der Waals surface area contributed by atoms with Crippen molar-refractivity contribution in [3.63, 3.8) is 0 Å². The van der Waals surface area contributed by atoms with E-state index in [0.29, 0.717) is 11.5 Å². The van der Waals surface area contributed by atoms with Gasteiger partial charge in [0.25, 0.3) is 0 Å². The van der Waals surface area contributed by atoms with E-state index in [2.05, 4.69) is 24.4 Å². The summed E-state index contributed by atoms with van der Waals surface area (Å²) in [6, 6.07) is 6.97. The first-order chi connectivity index (χ1) is 12.9. The predicted octanol–water partition coefficient (Wildman–Crippen LogP) is 4.32. The number of carbonyl (C=O) groups is 1. The standard InChI is InChI=1S/C22H31NO4/c1-15(2)27-20(24)26-14-25-17-7-6-16-12-19-21(3)8-4-5-9-22(21,10-11-23-19)18(16)13-17/h6-7,13,15,19,23H,4-5,8-12,14H2,1-3H3/t19-,21+,22+/m0/s1. The van der Waals surface area contributed by atoms with Gasteiger partial charge in [0.05, 0.1) is 6.10 Å². The van der Waals surface area contributed by atoms with Crippen LogP contribution in [0.2, 0.25) is 0 Å². The van der Waals surface area contributed by atoms with Crippen LogP contribution in [0.5, 0.6) is 5.75 Å². The molecule has 4 rings (SSSR count). The van der Waals surface area contributed by atoms with Crippen LogP contribution < -0.4 is 10.1 Å². The Labute approximate surface area is 161 Å². The van der Waals surface area contributed by atoms with E-state index in [-0.39, 0.29) is 18.3 Å². The maximum Gasteiger partial charge on any atom is 0.511 e. The van der Waals surface area contributed by atoms with Crippen LogP contribution in [0.3, 0.4) is 0 Å². The summed E-state index contributed by atoms with van der Waals surface area (Å²) in [6.45, 7) is 7.04. The van der Waals surface area contributed by atoms with Gasteiger partial charge in [-0.1, -0.05) is 25.8 Å². The summed E-state index contributed by atoms with van der Waals surface area (Å²) in [7, 11) is 0. The first kappa shape index (κ1) is 18.6. The lowest BCUT2D eigenvalue weighted by molar-refractivity contribution is -0.0157. The van der Waals surface area contributed by atoms with E-state index in [1.165, 1.54) is 43.2 Å². The van der Waals surface area contributed by atoms with Crippen molar-refractivity contribution >= 4 is 6.16 Å². The zero-order valence-corrected chi connectivity index (χ0v) is 16.7. The summed E-state index contributed by atoms with van der Waals surface area (Å²) >= 11 is 0. The van der Waals surface area contributed by atoms with Gasteiger partial charge in [0.15, 0.2) is 0 Å². The normalized spacial score (nSPS) is 31.6. The fourth-order valence-electron chi connectivity index (χ4n) is 5.78. The van der Waals surface area contributed by atoms with Gasteiger partial charge in [0.1, 0.15) is 5.75 Å². The summed E-state index contributed by atoms with van der Waals surface area (Å²) in [5, 5.41) is 3.80. The highest BCUT2D eigenvalue weighted by Crippen LogP contribution is 2.61. The molecule has 1 aromatic rings. The molecule has 5 heteroatoms. The lowest BCUT2D eigenvalue weighted by Gasteiger charge is -2.62. The minimum absolute atomic E-state index is 0.126. The molecule has 0 radical (unpaired) electrons. The maximum atomic E-state index is 11.5. The average molecular weight is 373 g/mol. The Hall–Kier alpha value is -1.75. The second-order valence-corrected chi connectivity index (χ2v) is 8.81. The van der Waals surface area contributed by atoms with E-state index >= 15 is 0 Å². The molecular weight excluding hydrogens is 342 g/mol. The summed E-state index contributed by atoms with van der Waals surface area (Å²) < 4.78 is 15.7. The van der Waals surface area contributed by atoms with Gasteiger partial charge in [-0.3, -0.25) is 0 Å². The van der Waals surface area contributed by atoms with Crippen LogP contribution in [-0.4, -0.2) is 31.6 Å². The Morgan fingerprint density at radius 2 is 2.07 bits per heavy atom. The van der Waals surface area contributed by atoms with E-state index < -0.39 is 6.16 Å². The molecule has 0 aromatic heterocycles.